The molecule has 3 aromatic rings. The highest BCUT2D eigenvalue weighted by molar-refractivity contribution is 7.89. The molecule has 2 aliphatic rings. The van der Waals surface area contributed by atoms with Gasteiger partial charge in [0.2, 0.25) is 10.0 Å². The molecular weight excluding hydrogens is 418 g/mol. The lowest BCUT2D eigenvalue weighted by Gasteiger charge is -2.38. The standard InChI is InChI=1S/C21H25N5O2S2/c1-2-30(27,28)26-12-14(13-26)10-23-20-18-16-7-3-4-8-17(16)29-21(18)25-19(24-20)15-6-5-9-22-11-15/h5-6,9,11,14H,2-4,7-8,10,12-13H2,1H3,(H,23,24,25). The van der Waals surface area contributed by atoms with Crippen molar-refractivity contribution in [1.29, 1.82) is 0 Å². The highest BCUT2D eigenvalue weighted by Crippen LogP contribution is 2.39. The molecule has 1 aliphatic heterocycles. The third-order valence-electron chi connectivity index (χ3n) is 5.97. The first-order valence-electron chi connectivity index (χ1n) is 10.5. The van der Waals surface area contributed by atoms with E-state index < -0.39 is 10.0 Å². The molecule has 4 heterocycles. The second-order valence-electron chi connectivity index (χ2n) is 7.99. The Morgan fingerprint density at radius 2 is 2.07 bits per heavy atom. The van der Waals surface area contributed by atoms with Crippen LogP contribution in [-0.2, 0) is 22.9 Å². The molecule has 0 bridgehead atoms. The Bertz CT molecular complexity index is 1170. The molecule has 5 rings (SSSR count). The molecule has 0 radical (unpaired) electrons. The van der Waals surface area contributed by atoms with Gasteiger partial charge in [-0.3, -0.25) is 4.98 Å². The summed E-state index contributed by atoms with van der Waals surface area (Å²) in [6, 6.07) is 3.87. The van der Waals surface area contributed by atoms with E-state index in [0.29, 0.717) is 31.4 Å². The Hall–Kier alpha value is -2.10. The average molecular weight is 444 g/mol. The maximum absolute atomic E-state index is 12.0. The summed E-state index contributed by atoms with van der Waals surface area (Å²) in [5.41, 5.74) is 2.29. The van der Waals surface area contributed by atoms with E-state index in [1.165, 1.54) is 23.3 Å². The van der Waals surface area contributed by atoms with Crippen molar-refractivity contribution in [3.63, 3.8) is 0 Å². The number of anilines is 1. The highest BCUT2D eigenvalue weighted by atomic mass is 32.2. The van der Waals surface area contributed by atoms with E-state index in [1.54, 1.807) is 35.0 Å². The number of rotatable bonds is 6. The van der Waals surface area contributed by atoms with E-state index in [1.807, 2.05) is 12.1 Å². The molecule has 0 spiro atoms. The number of nitrogens with one attached hydrogen (secondary N) is 1. The number of hydrogen-bond donors (Lipinski definition) is 1. The normalized spacial score (nSPS) is 17.6. The molecule has 0 aromatic carbocycles. The lowest BCUT2D eigenvalue weighted by Crippen LogP contribution is -2.52. The minimum absolute atomic E-state index is 0.162. The van der Waals surface area contributed by atoms with E-state index >= 15 is 0 Å². The van der Waals surface area contributed by atoms with Gasteiger partial charge in [0.05, 0.1) is 11.1 Å². The lowest BCUT2D eigenvalue weighted by molar-refractivity contribution is 0.212. The van der Waals surface area contributed by atoms with E-state index in [0.717, 1.165) is 34.4 Å². The van der Waals surface area contributed by atoms with Crippen LogP contribution < -0.4 is 5.32 Å². The molecule has 1 N–H and O–H groups in total. The summed E-state index contributed by atoms with van der Waals surface area (Å²) in [7, 11) is -3.08. The predicted molar refractivity (Wildman–Crippen MR) is 120 cm³/mol. The second kappa shape index (κ2) is 7.86. The first-order chi connectivity index (χ1) is 14.5. The predicted octanol–water partition coefficient (Wildman–Crippen LogP) is 3.33. The van der Waals surface area contributed by atoms with Crippen LogP contribution in [0.1, 0.15) is 30.2 Å². The van der Waals surface area contributed by atoms with Gasteiger partial charge in [-0.05, 0) is 50.3 Å². The van der Waals surface area contributed by atoms with Gasteiger partial charge in [0.25, 0.3) is 0 Å². The molecule has 1 saturated heterocycles. The quantitative estimate of drug-likeness (QED) is 0.629. The largest absolute Gasteiger partial charge is 0.369 e. The Morgan fingerprint density at radius 3 is 2.83 bits per heavy atom. The summed E-state index contributed by atoms with van der Waals surface area (Å²) in [6.45, 7) is 3.56. The van der Waals surface area contributed by atoms with Gasteiger partial charge in [0.1, 0.15) is 10.6 Å². The fourth-order valence-electron chi connectivity index (χ4n) is 4.21. The summed E-state index contributed by atoms with van der Waals surface area (Å²) in [4.78, 5) is 16.4. The zero-order valence-electron chi connectivity index (χ0n) is 17.0. The van der Waals surface area contributed by atoms with Gasteiger partial charge in [-0.15, -0.1) is 11.3 Å². The SMILES string of the molecule is CCS(=O)(=O)N1CC(CNc2nc(-c3cccnc3)nc3sc4c(c23)CCCC4)C1. The molecule has 0 unspecified atom stereocenters. The Kier molecular flexibility index (Phi) is 5.20. The smallest absolute Gasteiger partial charge is 0.213 e. The lowest BCUT2D eigenvalue weighted by atomic mass is 9.97. The third kappa shape index (κ3) is 3.59. The number of hydrogen-bond acceptors (Lipinski definition) is 7. The summed E-state index contributed by atoms with van der Waals surface area (Å²) in [5.74, 6) is 2.01. The monoisotopic (exact) mass is 443 g/mol. The Balaban J connectivity index is 1.45. The van der Waals surface area contributed by atoms with Crippen molar-refractivity contribution < 1.29 is 8.42 Å². The number of thiophene rings is 1. The number of nitrogens with zero attached hydrogens (tertiary/aromatic N) is 4. The van der Waals surface area contributed by atoms with Crippen LogP contribution in [0.5, 0.6) is 0 Å². The molecule has 3 aromatic heterocycles. The Labute approximate surface area is 180 Å². The molecule has 30 heavy (non-hydrogen) atoms. The van der Waals surface area contributed by atoms with Crippen LogP contribution in [0.4, 0.5) is 5.82 Å². The van der Waals surface area contributed by atoms with E-state index in [-0.39, 0.29) is 5.75 Å². The van der Waals surface area contributed by atoms with Gasteiger partial charge >= 0.3 is 0 Å². The molecule has 1 fully saturated rings. The summed E-state index contributed by atoms with van der Waals surface area (Å²) < 4.78 is 25.5. The van der Waals surface area contributed by atoms with Crippen LogP contribution in [0.25, 0.3) is 21.6 Å². The van der Waals surface area contributed by atoms with Crippen LogP contribution >= 0.6 is 11.3 Å². The third-order valence-corrected chi connectivity index (χ3v) is 8.97. The number of sulfonamides is 1. The molecule has 1 aliphatic carbocycles. The van der Waals surface area contributed by atoms with Gasteiger partial charge in [-0.2, -0.15) is 0 Å². The van der Waals surface area contributed by atoms with Crippen LogP contribution in [0.15, 0.2) is 24.5 Å². The average Bonchev–Trinajstić information content (AvgIpc) is 3.11. The molecular formula is C21H25N5O2S2. The van der Waals surface area contributed by atoms with Gasteiger partial charge in [0.15, 0.2) is 5.82 Å². The van der Waals surface area contributed by atoms with Crippen LogP contribution in [0.2, 0.25) is 0 Å². The Morgan fingerprint density at radius 1 is 1.23 bits per heavy atom. The van der Waals surface area contributed by atoms with Crippen molar-refractivity contribution in [2.45, 2.75) is 32.6 Å². The van der Waals surface area contributed by atoms with Gasteiger partial charge < -0.3 is 5.32 Å². The van der Waals surface area contributed by atoms with Crippen molar-refractivity contribution in [3.05, 3.63) is 35.0 Å². The minimum atomic E-state index is -3.08. The van der Waals surface area contributed by atoms with Gasteiger partial charge in [-0.1, -0.05) is 0 Å². The summed E-state index contributed by atoms with van der Waals surface area (Å²) in [6.07, 6.45) is 8.16. The van der Waals surface area contributed by atoms with Crippen molar-refractivity contribution in [2.24, 2.45) is 5.92 Å². The van der Waals surface area contributed by atoms with Crippen LogP contribution in [0.3, 0.4) is 0 Å². The molecule has 0 saturated carbocycles. The van der Waals surface area contributed by atoms with Crippen molar-refractivity contribution in [3.8, 4) is 11.4 Å². The van der Waals surface area contributed by atoms with Crippen molar-refractivity contribution in [2.75, 3.05) is 30.7 Å². The van der Waals surface area contributed by atoms with Crippen molar-refractivity contribution in [1.82, 2.24) is 19.3 Å². The minimum Gasteiger partial charge on any atom is -0.369 e. The number of fused-ring (bicyclic) bond motifs is 3. The van der Waals surface area contributed by atoms with E-state index in [4.69, 9.17) is 9.97 Å². The van der Waals surface area contributed by atoms with E-state index in [2.05, 4.69) is 10.3 Å². The number of pyridine rings is 1. The maximum atomic E-state index is 12.0. The van der Waals surface area contributed by atoms with Crippen LogP contribution in [-0.4, -0.2) is 53.1 Å². The van der Waals surface area contributed by atoms with Gasteiger partial charge in [0, 0.05) is 48.4 Å². The number of aromatic nitrogens is 3. The fraction of sp³-hybridized carbons (Fsp3) is 0.476. The number of aryl methyl sites for hydroxylation is 2. The molecule has 7 nitrogen and oxygen atoms in total. The molecule has 158 valence electrons. The molecule has 9 heteroatoms. The second-order valence-corrected chi connectivity index (χ2v) is 11.3. The fourth-order valence-corrected chi connectivity index (χ4v) is 6.71. The summed E-state index contributed by atoms with van der Waals surface area (Å²) >= 11 is 1.78. The highest BCUT2D eigenvalue weighted by Gasteiger charge is 2.34. The van der Waals surface area contributed by atoms with Gasteiger partial charge in [-0.25, -0.2) is 22.7 Å². The van der Waals surface area contributed by atoms with Crippen molar-refractivity contribution >= 4 is 37.4 Å². The summed E-state index contributed by atoms with van der Waals surface area (Å²) in [5, 5.41) is 4.69. The molecule has 0 atom stereocenters. The molecule has 0 amide bonds. The zero-order chi connectivity index (χ0) is 20.7. The van der Waals surface area contributed by atoms with Crippen LogP contribution in [0, 0.1) is 5.92 Å². The zero-order valence-corrected chi connectivity index (χ0v) is 18.6. The van der Waals surface area contributed by atoms with E-state index in [9.17, 15) is 8.42 Å². The first-order valence-corrected chi connectivity index (χ1v) is 12.9. The topological polar surface area (TPSA) is 88.1 Å². The first kappa shape index (κ1) is 19.8. The maximum Gasteiger partial charge on any atom is 0.213 e.